The molecule has 3 N–H and O–H groups in total. The number of pyridine rings is 1. The molecule has 2 heterocycles. The van der Waals surface area contributed by atoms with E-state index in [2.05, 4.69) is 10.3 Å². The summed E-state index contributed by atoms with van der Waals surface area (Å²) in [5, 5.41) is 3.26. The molecule has 4 nitrogen and oxygen atoms in total. The lowest BCUT2D eigenvalue weighted by atomic mass is 9.97. The summed E-state index contributed by atoms with van der Waals surface area (Å²) in [5.74, 6) is 0.729. The van der Waals surface area contributed by atoms with E-state index >= 15 is 0 Å². The molecule has 1 aliphatic heterocycles. The minimum Gasteiger partial charge on any atom is -0.384 e. The van der Waals surface area contributed by atoms with Crippen LogP contribution in [0, 0.1) is 0 Å². The fourth-order valence-corrected chi connectivity index (χ4v) is 2.06. The monoisotopic (exact) mass is 219 g/mol. The van der Waals surface area contributed by atoms with E-state index in [-0.39, 0.29) is 11.8 Å². The van der Waals surface area contributed by atoms with Crippen LogP contribution in [0.5, 0.6) is 0 Å². The van der Waals surface area contributed by atoms with Crippen LogP contribution in [0.4, 0.5) is 5.82 Å². The highest BCUT2D eigenvalue weighted by Crippen LogP contribution is 2.11. The maximum absolute atomic E-state index is 12.0. The van der Waals surface area contributed by atoms with Crippen LogP contribution < -0.4 is 11.1 Å². The van der Waals surface area contributed by atoms with Crippen LogP contribution in [-0.4, -0.2) is 23.4 Å². The summed E-state index contributed by atoms with van der Waals surface area (Å²) < 4.78 is 0. The minimum absolute atomic E-state index is 0.0307. The molecule has 1 saturated heterocycles. The molecule has 1 aromatic rings. The lowest BCUT2D eigenvalue weighted by molar-refractivity contribution is -0.120. The van der Waals surface area contributed by atoms with E-state index in [1.54, 1.807) is 12.3 Å². The fourth-order valence-electron chi connectivity index (χ4n) is 2.06. The zero-order valence-electron chi connectivity index (χ0n) is 9.28. The van der Waals surface area contributed by atoms with Gasteiger partial charge in [-0.3, -0.25) is 4.79 Å². The number of carbonyl (C=O) groups excluding carboxylic acids is 1. The Morgan fingerprint density at radius 3 is 3.12 bits per heavy atom. The van der Waals surface area contributed by atoms with Crippen molar-refractivity contribution in [3.05, 3.63) is 23.9 Å². The van der Waals surface area contributed by atoms with Crippen molar-refractivity contribution in [1.82, 2.24) is 10.3 Å². The first-order valence-corrected chi connectivity index (χ1v) is 5.72. The molecule has 0 aliphatic carbocycles. The van der Waals surface area contributed by atoms with Crippen molar-refractivity contribution in [3.8, 4) is 0 Å². The Bertz CT molecular complexity index is 372. The SMILES string of the molecule is Nc1cc(CC(=O)C2CCCCN2)ccn1. The van der Waals surface area contributed by atoms with Crippen LogP contribution in [0.25, 0.3) is 0 Å². The van der Waals surface area contributed by atoms with Crippen molar-refractivity contribution < 1.29 is 4.79 Å². The lowest BCUT2D eigenvalue weighted by Gasteiger charge is -2.22. The molecular weight excluding hydrogens is 202 g/mol. The highest BCUT2D eigenvalue weighted by atomic mass is 16.1. The number of Topliss-reactive ketones (excluding diaryl/α,β-unsaturated/α-hetero) is 1. The van der Waals surface area contributed by atoms with Gasteiger partial charge in [-0.1, -0.05) is 6.42 Å². The third-order valence-electron chi connectivity index (χ3n) is 2.92. The van der Waals surface area contributed by atoms with E-state index in [1.807, 2.05) is 6.07 Å². The van der Waals surface area contributed by atoms with Gasteiger partial charge in [-0.15, -0.1) is 0 Å². The molecule has 1 atom stereocenters. The quantitative estimate of drug-likeness (QED) is 0.793. The summed E-state index contributed by atoms with van der Waals surface area (Å²) in [6.07, 6.45) is 5.36. The largest absolute Gasteiger partial charge is 0.384 e. The second kappa shape index (κ2) is 5.07. The first-order chi connectivity index (χ1) is 7.75. The number of hydrogen-bond acceptors (Lipinski definition) is 4. The van der Waals surface area contributed by atoms with Crippen LogP contribution in [0.15, 0.2) is 18.3 Å². The first kappa shape index (κ1) is 11.1. The summed E-state index contributed by atoms with van der Waals surface area (Å²) in [4.78, 5) is 15.9. The van der Waals surface area contributed by atoms with Gasteiger partial charge in [0.15, 0.2) is 5.78 Å². The minimum atomic E-state index is 0.0307. The molecule has 1 aliphatic rings. The molecule has 0 bridgehead atoms. The molecule has 0 spiro atoms. The number of nitrogen functional groups attached to an aromatic ring is 1. The van der Waals surface area contributed by atoms with Gasteiger partial charge < -0.3 is 11.1 Å². The number of nitrogens with two attached hydrogens (primary N) is 1. The zero-order chi connectivity index (χ0) is 11.4. The molecule has 1 fully saturated rings. The van der Waals surface area contributed by atoms with E-state index in [9.17, 15) is 4.79 Å². The summed E-state index contributed by atoms with van der Waals surface area (Å²) in [7, 11) is 0. The Kier molecular flexibility index (Phi) is 3.51. The van der Waals surface area contributed by atoms with Gasteiger partial charge in [-0.05, 0) is 37.1 Å². The summed E-state index contributed by atoms with van der Waals surface area (Å²) in [6.45, 7) is 0.953. The molecule has 1 aromatic heterocycles. The average molecular weight is 219 g/mol. The molecule has 16 heavy (non-hydrogen) atoms. The number of carbonyl (C=O) groups is 1. The predicted molar refractivity (Wildman–Crippen MR) is 63.0 cm³/mol. The molecule has 0 amide bonds. The second-order valence-corrected chi connectivity index (χ2v) is 4.23. The van der Waals surface area contributed by atoms with Gasteiger partial charge in [-0.2, -0.15) is 0 Å². The number of nitrogens with zero attached hydrogens (tertiary/aromatic N) is 1. The average Bonchev–Trinajstić information content (AvgIpc) is 2.30. The second-order valence-electron chi connectivity index (χ2n) is 4.23. The lowest BCUT2D eigenvalue weighted by Crippen LogP contribution is -2.41. The van der Waals surface area contributed by atoms with Crippen LogP contribution in [0.3, 0.4) is 0 Å². The zero-order valence-corrected chi connectivity index (χ0v) is 9.28. The number of rotatable bonds is 3. The van der Waals surface area contributed by atoms with Crippen molar-refractivity contribution in [1.29, 1.82) is 0 Å². The number of nitrogens with one attached hydrogen (secondary N) is 1. The van der Waals surface area contributed by atoms with E-state index in [0.717, 1.165) is 24.9 Å². The molecule has 2 rings (SSSR count). The van der Waals surface area contributed by atoms with Gasteiger partial charge in [0.1, 0.15) is 5.82 Å². The highest BCUT2D eigenvalue weighted by molar-refractivity contribution is 5.86. The van der Waals surface area contributed by atoms with Crippen molar-refractivity contribution in [2.24, 2.45) is 0 Å². The molecule has 0 aromatic carbocycles. The standard InChI is InChI=1S/C12H17N3O/c13-12-8-9(4-6-15-12)7-11(16)10-3-1-2-5-14-10/h4,6,8,10,14H,1-3,5,7H2,(H2,13,15). The molecule has 86 valence electrons. The number of anilines is 1. The smallest absolute Gasteiger partial charge is 0.154 e. The van der Waals surface area contributed by atoms with Crippen molar-refractivity contribution in [3.63, 3.8) is 0 Å². The Morgan fingerprint density at radius 2 is 2.44 bits per heavy atom. The predicted octanol–water partition coefficient (Wildman–Crippen LogP) is 0.917. The van der Waals surface area contributed by atoms with Gasteiger partial charge in [-0.25, -0.2) is 4.98 Å². The van der Waals surface area contributed by atoms with Crippen molar-refractivity contribution in [2.45, 2.75) is 31.7 Å². The summed E-state index contributed by atoms with van der Waals surface area (Å²) >= 11 is 0. The molecule has 4 heteroatoms. The Hall–Kier alpha value is -1.42. The van der Waals surface area contributed by atoms with Crippen LogP contribution >= 0.6 is 0 Å². The Morgan fingerprint density at radius 1 is 1.56 bits per heavy atom. The first-order valence-electron chi connectivity index (χ1n) is 5.72. The topological polar surface area (TPSA) is 68.0 Å². The van der Waals surface area contributed by atoms with Crippen LogP contribution in [0.1, 0.15) is 24.8 Å². The van der Waals surface area contributed by atoms with E-state index in [4.69, 9.17) is 5.73 Å². The number of piperidine rings is 1. The Labute approximate surface area is 95.3 Å². The van der Waals surface area contributed by atoms with Crippen LogP contribution in [0.2, 0.25) is 0 Å². The van der Waals surface area contributed by atoms with E-state index in [0.29, 0.717) is 12.2 Å². The number of aromatic nitrogens is 1. The van der Waals surface area contributed by atoms with E-state index < -0.39 is 0 Å². The summed E-state index contributed by atoms with van der Waals surface area (Å²) in [5.41, 5.74) is 6.52. The van der Waals surface area contributed by atoms with Gasteiger partial charge >= 0.3 is 0 Å². The fraction of sp³-hybridized carbons (Fsp3) is 0.500. The van der Waals surface area contributed by atoms with Gasteiger partial charge in [0.05, 0.1) is 6.04 Å². The molecule has 0 radical (unpaired) electrons. The van der Waals surface area contributed by atoms with Crippen molar-refractivity contribution in [2.75, 3.05) is 12.3 Å². The highest BCUT2D eigenvalue weighted by Gasteiger charge is 2.20. The van der Waals surface area contributed by atoms with Gasteiger partial charge in [0, 0.05) is 12.6 Å². The maximum atomic E-state index is 12.0. The number of ketones is 1. The van der Waals surface area contributed by atoms with Gasteiger partial charge in [0.2, 0.25) is 0 Å². The van der Waals surface area contributed by atoms with Gasteiger partial charge in [0.25, 0.3) is 0 Å². The van der Waals surface area contributed by atoms with Crippen molar-refractivity contribution >= 4 is 11.6 Å². The Balaban J connectivity index is 1.96. The third-order valence-corrected chi connectivity index (χ3v) is 2.92. The van der Waals surface area contributed by atoms with E-state index in [1.165, 1.54) is 6.42 Å². The molecule has 1 unspecified atom stereocenters. The third kappa shape index (κ3) is 2.79. The molecular formula is C12H17N3O. The maximum Gasteiger partial charge on any atom is 0.154 e. The normalized spacial score (nSPS) is 20.6. The molecule has 0 saturated carbocycles. The number of hydrogen-bond donors (Lipinski definition) is 2. The summed E-state index contributed by atoms with van der Waals surface area (Å²) in [6, 6.07) is 3.64. The van der Waals surface area contributed by atoms with Crippen LogP contribution in [-0.2, 0) is 11.2 Å².